The molecule has 3 N–H and O–H groups in total. The predicted octanol–water partition coefficient (Wildman–Crippen LogP) is 6.38. The Morgan fingerprint density at radius 1 is 1.11 bits per heavy atom. The van der Waals surface area contributed by atoms with Crippen LogP contribution in [0.15, 0.2) is 52.3 Å². The Bertz CT molecular complexity index is 1240. The summed E-state index contributed by atoms with van der Waals surface area (Å²) in [5.74, 6) is 0.276. The van der Waals surface area contributed by atoms with Crippen molar-refractivity contribution in [3.63, 3.8) is 0 Å². The summed E-state index contributed by atoms with van der Waals surface area (Å²) in [4.78, 5) is 15.0. The Labute approximate surface area is 230 Å². The number of rotatable bonds is 7. The minimum atomic E-state index is -4.32. The van der Waals surface area contributed by atoms with Crippen LogP contribution in [0.3, 0.4) is 0 Å². The van der Waals surface area contributed by atoms with Gasteiger partial charge in [-0.3, -0.25) is 9.89 Å². The molecule has 3 aromatic rings. The molecule has 0 radical (unpaired) electrons. The van der Waals surface area contributed by atoms with Gasteiger partial charge in [-0.1, -0.05) is 30.0 Å². The van der Waals surface area contributed by atoms with Crippen LogP contribution in [0, 0.1) is 5.92 Å². The molecule has 1 fully saturated rings. The molecular weight excluding hydrogens is 544 g/mol. The van der Waals surface area contributed by atoms with E-state index in [0.717, 1.165) is 78.0 Å². The van der Waals surface area contributed by atoms with Gasteiger partial charge >= 0.3 is 6.18 Å². The molecule has 2 aliphatic heterocycles. The molecule has 2 aromatic carbocycles. The highest BCUT2D eigenvalue weighted by molar-refractivity contribution is 8.04. The van der Waals surface area contributed by atoms with Gasteiger partial charge in [0.1, 0.15) is 0 Å². The molecule has 0 spiro atoms. The molecule has 1 amide bonds. The largest absolute Gasteiger partial charge is 0.416 e. The summed E-state index contributed by atoms with van der Waals surface area (Å²) in [6.07, 6.45) is 1.76. The minimum Gasteiger partial charge on any atom is -0.349 e. The maximum atomic E-state index is 13.3. The number of carbonyl (C=O) groups is 1. The maximum Gasteiger partial charge on any atom is 0.416 e. The second-order valence-electron chi connectivity index (χ2n) is 9.15. The van der Waals surface area contributed by atoms with E-state index in [4.69, 9.17) is 0 Å². The van der Waals surface area contributed by atoms with Gasteiger partial charge in [0.2, 0.25) is 0 Å². The molecule has 37 heavy (non-hydrogen) atoms. The van der Waals surface area contributed by atoms with Crippen LogP contribution in [0.2, 0.25) is 0 Å². The first-order valence-corrected chi connectivity index (χ1v) is 12.7. The van der Waals surface area contributed by atoms with Gasteiger partial charge in [0, 0.05) is 16.3 Å². The van der Waals surface area contributed by atoms with Crippen LogP contribution in [0.1, 0.15) is 42.5 Å². The van der Waals surface area contributed by atoms with Crippen LogP contribution in [0.5, 0.6) is 0 Å². The third-order valence-corrected chi connectivity index (χ3v) is 7.90. The monoisotopic (exact) mass is 572 g/mol. The highest BCUT2D eigenvalue weighted by atomic mass is 35.5. The molecule has 0 saturated carbocycles. The van der Waals surface area contributed by atoms with Crippen LogP contribution >= 0.6 is 36.6 Å². The molecule has 5 nitrogen and oxygen atoms in total. The summed E-state index contributed by atoms with van der Waals surface area (Å²) in [5, 5.41) is 15.1. The molecule has 1 saturated heterocycles. The Balaban J connectivity index is 0.00000190. The fourth-order valence-corrected chi connectivity index (χ4v) is 5.97. The molecule has 0 bridgehead atoms. The molecule has 2 aliphatic rings. The summed E-state index contributed by atoms with van der Waals surface area (Å²) in [6.45, 7) is 1.85. The predicted molar refractivity (Wildman–Crippen MR) is 146 cm³/mol. The van der Waals surface area contributed by atoms with Gasteiger partial charge < -0.3 is 10.6 Å². The van der Waals surface area contributed by atoms with E-state index in [0.29, 0.717) is 17.2 Å². The second kappa shape index (κ2) is 12.6. The molecule has 200 valence electrons. The van der Waals surface area contributed by atoms with E-state index in [2.05, 4.69) is 20.8 Å². The average molecular weight is 574 g/mol. The van der Waals surface area contributed by atoms with Gasteiger partial charge in [0.25, 0.3) is 5.91 Å². The molecule has 3 heterocycles. The first kappa shape index (κ1) is 29.4. The third kappa shape index (κ3) is 6.82. The Kier molecular flexibility index (Phi) is 9.97. The number of benzene rings is 2. The Morgan fingerprint density at radius 3 is 2.54 bits per heavy atom. The average Bonchev–Trinajstić information content (AvgIpc) is 3.28. The van der Waals surface area contributed by atoms with Gasteiger partial charge in [-0.2, -0.15) is 18.3 Å². The van der Waals surface area contributed by atoms with Gasteiger partial charge in [-0.25, -0.2) is 0 Å². The van der Waals surface area contributed by atoms with Crippen LogP contribution in [0.4, 0.5) is 13.2 Å². The zero-order valence-electron chi connectivity index (χ0n) is 19.9. The van der Waals surface area contributed by atoms with E-state index in [9.17, 15) is 18.0 Å². The summed E-state index contributed by atoms with van der Waals surface area (Å²) >= 11 is 1.46. The number of piperidine rings is 1. The van der Waals surface area contributed by atoms with Gasteiger partial charge in [-0.15, -0.1) is 24.8 Å². The molecular formula is C26H29Cl2F3N4OS. The zero-order chi connectivity index (χ0) is 24.4. The number of aromatic nitrogens is 2. The van der Waals surface area contributed by atoms with Gasteiger partial charge in [-0.05, 0) is 87.0 Å². The lowest BCUT2D eigenvalue weighted by Crippen LogP contribution is -2.44. The molecule has 1 aromatic heterocycles. The Hall–Kier alpha value is -2.20. The minimum absolute atomic E-state index is 0. The van der Waals surface area contributed by atoms with Crippen LogP contribution < -0.4 is 10.6 Å². The van der Waals surface area contributed by atoms with E-state index < -0.39 is 11.7 Å². The summed E-state index contributed by atoms with van der Waals surface area (Å²) in [5.41, 5.74) is 1.98. The van der Waals surface area contributed by atoms with Crippen LogP contribution in [0.25, 0.3) is 17.0 Å². The highest BCUT2D eigenvalue weighted by Crippen LogP contribution is 2.40. The molecule has 0 aliphatic carbocycles. The lowest BCUT2D eigenvalue weighted by Gasteiger charge is -2.32. The number of hydrogen-bond donors (Lipinski definition) is 3. The van der Waals surface area contributed by atoms with E-state index in [1.54, 1.807) is 12.1 Å². The van der Waals surface area contributed by atoms with Crippen molar-refractivity contribution in [1.82, 2.24) is 20.8 Å². The van der Waals surface area contributed by atoms with Gasteiger partial charge in [0.15, 0.2) is 0 Å². The van der Waals surface area contributed by atoms with Crippen molar-refractivity contribution in [2.24, 2.45) is 5.92 Å². The standard InChI is InChI=1S/C26H27F3N4OS.2ClH/c27-26(28,29)18-9-7-16(8-10-18)3-1-4-19(17-11-13-30-14-12-17)31-25(34)23-15-21-24-20(32-33-21)5-2-6-22(24)35-23;;/h2,5-10,15,17,19,30H,1,3-4,11-14H2,(H,31,34)(H,32,33);2*1H. The number of carbonyl (C=O) groups excluding carboxylic acids is 1. The molecule has 1 atom stereocenters. The van der Waals surface area contributed by atoms with Crippen molar-refractivity contribution in [3.05, 3.63) is 64.2 Å². The van der Waals surface area contributed by atoms with Crippen molar-refractivity contribution < 1.29 is 18.0 Å². The van der Waals surface area contributed by atoms with Crippen LogP contribution in [-0.2, 0) is 17.4 Å². The van der Waals surface area contributed by atoms with E-state index in [-0.39, 0.29) is 36.8 Å². The SMILES string of the molecule is Cl.Cl.O=C(NC(CCCc1ccc(C(F)(F)F)cc1)C1CCNCC1)C1=Cc2[nH]nc3cccc(c23)S1. The third-order valence-electron chi connectivity index (χ3n) is 6.82. The molecule has 5 rings (SSSR count). The number of nitrogens with zero attached hydrogens (tertiary/aromatic N) is 1. The number of alkyl halides is 3. The number of thioether (sulfide) groups is 1. The van der Waals surface area contributed by atoms with Crippen molar-refractivity contribution in [2.75, 3.05) is 13.1 Å². The normalized spacial score (nSPS) is 16.4. The number of aryl methyl sites for hydroxylation is 1. The molecule has 1 unspecified atom stereocenters. The number of halogens is 5. The first-order chi connectivity index (χ1) is 16.9. The smallest absolute Gasteiger partial charge is 0.349 e. The fourth-order valence-electron chi connectivity index (χ4n) is 4.94. The fraction of sp³-hybridized carbons (Fsp3) is 0.385. The summed E-state index contributed by atoms with van der Waals surface area (Å²) < 4.78 is 38.5. The van der Waals surface area contributed by atoms with E-state index >= 15 is 0 Å². The topological polar surface area (TPSA) is 69.8 Å². The quantitative estimate of drug-likeness (QED) is 0.307. The lowest BCUT2D eigenvalue weighted by molar-refractivity contribution is -0.137. The summed E-state index contributed by atoms with van der Waals surface area (Å²) in [6, 6.07) is 11.3. The van der Waals surface area contributed by atoms with Crippen LogP contribution in [-0.4, -0.2) is 35.2 Å². The van der Waals surface area contributed by atoms with Crippen molar-refractivity contribution in [3.8, 4) is 0 Å². The first-order valence-electron chi connectivity index (χ1n) is 11.9. The van der Waals surface area contributed by atoms with E-state index in [1.165, 1.54) is 11.8 Å². The van der Waals surface area contributed by atoms with Crippen molar-refractivity contribution in [2.45, 2.75) is 49.2 Å². The van der Waals surface area contributed by atoms with Crippen molar-refractivity contribution in [1.29, 1.82) is 0 Å². The lowest BCUT2D eigenvalue weighted by atomic mass is 9.86. The number of hydrogen-bond acceptors (Lipinski definition) is 4. The molecule has 11 heteroatoms. The number of H-pyrrole nitrogens is 1. The zero-order valence-corrected chi connectivity index (χ0v) is 22.4. The Morgan fingerprint density at radius 2 is 1.84 bits per heavy atom. The maximum absolute atomic E-state index is 13.3. The highest BCUT2D eigenvalue weighted by Gasteiger charge is 2.30. The summed E-state index contributed by atoms with van der Waals surface area (Å²) in [7, 11) is 0. The van der Waals surface area contributed by atoms with E-state index in [1.807, 2.05) is 24.3 Å². The second-order valence-corrected chi connectivity index (χ2v) is 10.2. The number of amides is 1. The van der Waals surface area contributed by atoms with Gasteiger partial charge in [0.05, 0.1) is 21.7 Å². The number of aromatic amines is 1. The number of nitrogens with one attached hydrogen (secondary N) is 3. The van der Waals surface area contributed by atoms with Crippen molar-refractivity contribution >= 4 is 59.5 Å².